The summed E-state index contributed by atoms with van der Waals surface area (Å²) in [6.45, 7) is 5.58. The number of H-pyrrole nitrogens is 1. The lowest BCUT2D eigenvalue weighted by Gasteiger charge is -2.33. The average Bonchev–Trinajstić information content (AvgIpc) is 3.35. The third-order valence-electron chi connectivity index (χ3n) is 6.62. The second-order valence-corrected chi connectivity index (χ2v) is 8.50. The van der Waals surface area contributed by atoms with Crippen molar-refractivity contribution in [2.24, 2.45) is 7.05 Å². The van der Waals surface area contributed by atoms with Crippen LogP contribution in [0.15, 0.2) is 48.9 Å². The van der Waals surface area contributed by atoms with Gasteiger partial charge in [0.15, 0.2) is 0 Å². The molecule has 1 unspecified atom stereocenters. The van der Waals surface area contributed by atoms with Crippen molar-refractivity contribution in [3.8, 4) is 11.1 Å². The number of aromatic nitrogens is 4. The van der Waals surface area contributed by atoms with Gasteiger partial charge in [-0.1, -0.05) is 18.2 Å². The molecular weight excluding hydrogens is 386 g/mol. The summed E-state index contributed by atoms with van der Waals surface area (Å²) < 4.78 is 1.76. The standard InChI is InChI=1S/C25H27N5O/c1-16-6-4-8-20-22(18-9-11-26-12-10-18)24(28-23(16)20)19-7-5-13-30(15-19)25(31)21-14-27-29(3)17(21)2/h4,6,8-12,14,19,28H,5,7,13,15H2,1-3H3. The maximum atomic E-state index is 13.2. The summed E-state index contributed by atoms with van der Waals surface area (Å²) in [4.78, 5) is 23.2. The lowest BCUT2D eigenvalue weighted by molar-refractivity contribution is 0.0705. The van der Waals surface area contributed by atoms with Gasteiger partial charge in [0.1, 0.15) is 0 Å². The van der Waals surface area contributed by atoms with E-state index in [-0.39, 0.29) is 11.8 Å². The molecule has 1 atom stereocenters. The van der Waals surface area contributed by atoms with Crippen LogP contribution in [-0.2, 0) is 7.05 Å². The Hall–Kier alpha value is -3.41. The molecule has 1 amide bonds. The molecule has 1 aromatic carbocycles. The number of carbonyl (C=O) groups excluding carboxylic acids is 1. The van der Waals surface area contributed by atoms with Gasteiger partial charge in [-0.2, -0.15) is 5.10 Å². The summed E-state index contributed by atoms with van der Waals surface area (Å²) in [5.74, 6) is 0.331. The molecule has 0 radical (unpaired) electrons. The number of carbonyl (C=O) groups is 1. The van der Waals surface area contributed by atoms with Gasteiger partial charge in [0.2, 0.25) is 0 Å². The number of hydrogen-bond donors (Lipinski definition) is 1. The molecule has 1 saturated heterocycles. The number of pyridine rings is 1. The van der Waals surface area contributed by atoms with Gasteiger partial charge in [-0.05, 0) is 49.9 Å². The fourth-order valence-corrected chi connectivity index (χ4v) is 4.80. The summed E-state index contributed by atoms with van der Waals surface area (Å²) in [7, 11) is 1.87. The van der Waals surface area contributed by atoms with E-state index in [1.807, 2.05) is 31.3 Å². The van der Waals surface area contributed by atoms with Crippen molar-refractivity contribution in [1.29, 1.82) is 0 Å². The predicted molar refractivity (Wildman–Crippen MR) is 122 cm³/mol. The van der Waals surface area contributed by atoms with Gasteiger partial charge in [-0.3, -0.25) is 14.5 Å². The lowest BCUT2D eigenvalue weighted by Crippen LogP contribution is -2.39. The minimum Gasteiger partial charge on any atom is -0.357 e. The van der Waals surface area contributed by atoms with Gasteiger partial charge in [0.05, 0.1) is 11.8 Å². The zero-order chi connectivity index (χ0) is 21.5. The van der Waals surface area contributed by atoms with Gasteiger partial charge >= 0.3 is 0 Å². The van der Waals surface area contributed by atoms with E-state index in [1.165, 1.54) is 27.7 Å². The van der Waals surface area contributed by atoms with E-state index in [0.717, 1.165) is 30.6 Å². The molecule has 0 bridgehead atoms. The molecule has 3 aromatic heterocycles. The molecule has 1 aliphatic heterocycles. The minimum atomic E-state index is 0.0769. The molecule has 1 aliphatic rings. The number of rotatable bonds is 3. The topological polar surface area (TPSA) is 66.8 Å². The van der Waals surface area contributed by atoms with E-state index in [4.69, 9.17) is 0 Å². The van der Waals surface area contributed by atoms with E-state index >= 15 is 0 Å². The van der Waals surface area contributed by atoms with E-state index in [0.29, 0.717) is 12.1 Å². The first-order valence-electron chi connectivity index (χ1n) is 10.8. The zero-order valence-corrected chi connectivity index (χ0v) is 18.2. The first-order valence-corrected chi connectivity index (χ1v) is 10.8. The van der Waals surface area contributed by atoms with E-state index in [1.54, 1.807) is 10.9 Å². The monoisotopic (exact) mass is 413 g/mol. The van der Waals surface area contributed by atoms with E-state index in [2.05, 4.69) is 52.3 Å². The lowest BCUT2D eigenvalue weighted by atomic mass is 9.89. The summed E-state index contributed by atoms with van der Waals surface area (Å²) in [5, 5.41) is 5.49. The van der Waals surface area contributed by atoms with Gasteiger partial charge in [-0.25, -0.2) is 0 Å². The van der Waals surface area contributed by atoms with Crippen molar-refractivity contribution < 1.29 is 4.79 Å². The highest BCUT2D eigenvalue weighted by atomic mass is 16.2. The van der Waals surface area contributed by atoms with Crippen LogP contribution >= 0.6 is 0 Å². The van der Waals surface area contributed by atoms with Crippen LogP contribution in [-0.4, -0.2) is 43.6 Å². The number of piperidine rings is 1. The Balaban J connectivity index is 1.55. The Bertz CT molecular complexity index is 1250. The molecule has 4 aromatic rings. The Labute approximate surface area is 181 Å². The van der Waals surface area contributed by atoms with Crippen LogP contribution in [0.2, 0.25) is 0 Å². The van der Waals surface area contributed by atoms with Crippen LogP contribution in [0.5, 0.6) is 0 Å². The van der Waals surface area contributed by atoms with Crippen molar-refractivity contribution in [3.63, 3.8) is 0 Å². The maximum absolute atomic E-state index is 13.2. The molecule has 0 spiro atoms. The summed E-state index contributed by atoms with van der Waals surface area (Å²) in [5.41, 5.74) is 7.63. The summed E-state index contributed by atoms with van der Waals surface area (Å²) in [6.07, 6.45) is 7.42. The van der Waals surface area contributed by atoms with Crippen molar-refractivity contribution in [3.05, 3.63) is 71.4 Å². The van der Waals surface area contributed by atoms with Crippen molar-refractivity contribution in [2.75, 3.05) is 13.1 Å². The van der Waals surface area contributed by atoms with Crippen molar-refractivity contribution in [2.45, 2.75) is 32.6 Å². The first kappa shape index (κ1) is 19.5. The van der Waals surface area contributed by atoms with Crippen LogP contribution in [0.4, 0.5) is 0 Å². The number of aryl methyl sites for hydroxylation is 2. The van der Waals surface area contributed by atoms with Crippen molar-refractivity contribution >= 4 is 16.8 Å². The number of likely N-dealkylation sites (tertiary alicyclic amines) is 1. The number of fused-ring (bicyclic) bond motifs is 1. The van der Waals surface area contributed by atoms with Gasteiger partial charge in [-0.15, -0.1) is 0 Å². The minimum absolute atomic E-state index is 0.0769. The Morgan fingerprint density at radius 1 is 1.16 bits per heavy atom. The highest BCUT2D eigenvalue weighted by Crippen LogP contribution is 2.40. The second-order valence-electron chi connectivity index (χ2n) is 8.50. The number of para-hydroxylation sites is 1. The molecule has 6 nitrogen and oxygen atoms in total. The van der Waals surface area contributed by atoms with E-state index < -0.39 is 0 Å². The van der Waals surface area contributed by atoms with Crippen molar-refractivity contribution in [1.82, 2.24) is 24.6 Å². The molecule has 158 valence electrons. The summed E-state index contributed by atoms with van der Waals surface area (Å²) >= 11 is 0. The normalized spacial score (nSPS) is 16.7. The molecule has 0 aliphatic carbocycles. The molecule has 5 rings (SSSR count). The molecule has 4 heterocycles. The van der Waals surface area contributed by atoms with Gasteiger partial charge in [0.25, 0.3) is 5.91 Å². The Morgan fingerprint density at radius 2 is 1.97 bits per heavy atom. The molecular formula is C25H27N5O. The zero-order valence-electron chi connectivity index (χ0n) is 18.2. The first-order chi connectivity index (χ1) is 15.0. The number of amides is 1. The number of nitrogens with one attached hydrogen (secondary N) is 1. The third kappa shape index (κ3) is 3.32. The maximum Gasteiger partial charge on any atom is 0.257 e. The van der Waals surface area contributed by atoms with Gasteiger partial charge in [0, 0.05) is 66.3 Å². The molecule has 31 heavy (non-hydrogen) atoms. The molecule has 1 fully saturated rings. The number of aromatic amines is 1. The quantitative estimate of drug-likeness (QED) is 0.534. The third-order valence-corrected chi connectivity index (χ3v) is 6.62. The smallest absolute Gasteiger partial charge is 0.257 e. The van der Waals surface area contributed by atoms with E-state index in [9.17, 15) is 4.79 Å². The fourth-order valence-electron chi connectivity index (χ4n) is 4.80. The van der Waals surface area contributed by atoms with Crippen LogP contribution in [0, 0.1) is 13.8 Å². The van der Waals surface area contributed by atoms with Crippen LogP contribution in [0.1, 0.15) is 46.1 Å². The van der Waals surface area contributed by atoms with Crippen LogP contribution in [0.25, 0.3) is 22.0 Å². The SMILES string of the molecule is Cc1cccc2c(-c3ccncc3)c(C3CCCN(C(=O)c4cnn(C)c4C)C3)[nH]c12. The Morgan fingerprint density at radius 3 is 2.71 bits per heavy atom. The summed E-state index contributed by atoms with van der Waals surface area (Å²) in [6, 6.07) is 10.6. The highest BCUT2D eigenvalue weighted by molar-refractivity contribution is 5.99. The highest BCUT2D eigenvalue weighted by Gasteiger charge is 2.30. The van der Waals surface area contributed by atoms with Crippen LogP contribution in [0.3, 0.4) is 0 Å². The second kappa shape index (κ2) is 7.69. The average molecular weight is 414 g/mol. The molecule has 0 saturated carbocycles. The largest absolute Gasteiger partial charge is 0.357 e. The molecule has 1 N–H and O–H groups in total. The van der Waals surface area contributed by atoms with Crippen LogP contribution < -0.4 is 0 Å². The molecule has 6 heteroatoms. The fraction of sp³-hybridized carbons (Fsp3) is 0.320. The Kier molecular flexibility index (Phi) is 4.85. The predicted octanol–water partition coefficient (Wildman–Crippen LogP) is 4.60. The van der Waals surface area contributed by atoms with Gasteiger partial charge < -0.3 is 9.88 Å². The number of hydrogen-bond acceptors (Lipinski definition) is 3. The number of nitrogens with zero attached hydrogens (tertiary/aromatic N) is 4. The number of benzene rings is 1.